The van der Waals surface area contributed by atoms with E-state index in [-0.39, 0.29) is 31.1 Å². The van der Waals surface area contributed by atoms with Crippen molar-refractivity contribution >= 4 is 17.9 Å². The van der Waals surface area contributed by atoms with E-state index in [4.69, 9.17) is 14.2 Å². The lowest BCUT2D eigenvalue weighted by atomic mass is 10.1. The molecule has 0 aromatic carbocycles. The average Bonchev–Trinajstić information content (AvgIpc) is 3.45. The second-order valence-electron chi connectivity index (χ2n) is 20.2. The standard InChI is InChI=1S/C73H114O6/c1-4-7-10-13-16-19-21-23-25-27-29-31-32-33-34-35-36-37-38-39-40-42-43-45-47-49-51-54-57-60-63-66-72(75)78-69-70(68-77-71(74)65-62-59-56-53-18-15-12-9-6-3)79-73(76)67-64-61-58-55-52-50-48-46-44-41-30-28-26-24-22-20-17-14-11-8-5-2/h7-8,10-11,16-17,19-20,23-26,29-31,33-34,36-37,39-41,43,45-46,48-49,51,70H,4-6,9,12-15,18,21-22,27-28,32,35,38,42,44,47,50,52-69H2,1-3H3/b10-7-,11-8-,19-16-,20-17-,25-23-,26-24-,31-29-,34-33-,37-36-,40-39-,41-30-,45-43-,48-46-,51-49-. The van der Waals surface area contributed by atoms with E-state index in [2.05, 4.69) is 191 Å². The van der Waals surface area contributed by atoms with Gasteiger partial charge in [0.1, 0.15) is 13.2 Å². The van der Waals surface area contributed by atoms with Crippen molar-refractivity contribution in [1.29, 1.82) is 0 Å². The molecule has 0 aromatic rings. The fraction of sp³-hybridized carbons (Fsp3) is 0.575. The van der Waals surface area contributed by atoms with E-state index in [0.717, 1.165) is 173 Å². The summed E-state index contributed by atoms with van der Waals surface area (Å²) in [6.07, 6.45) is 96.5. The molecular formula is C73H114O6. The SMILES string of the molecule is CC/C=C\C/C=C\C/C=C\C/C=C\C/C=C\C/C=C\C/C=C\C/C=C\C/C=C\CCCCCC(=O)OCC(COC(=O)CCCCCCCCCCC)OC(=O)CCCCCCC/C=C\C/C=C\C/C=C\C/C=C\C/C=C\CC. The number of hydrogen-bond acceptors (Lipinski definition) is 6. The van der Waals surface area contributed by atoms with Crippen molar-refractivity contribution in [3.8, 4) is 0 Å². The van der Waals surface area contributed by atoms with Crippen LogP contribution in [0.5, 0.6) is 0 Å². The van der Waals surface area contributed by atoms with E-state index in [0.29, 0.717) is 19.3 Å². The van der Waals surface area contributed by atoms with Crippen LogP contribution in [0.1, 0.15) is 252 Å². The third-order valence-corrected chi connectivity index (χ3v) is 12.7. The molecule has 1 unspecified atom stereocenters. The van der Waals surface area contributed by atoms with Gasteiger partial charge in [0.25, 0.3) is 0 Å². The molecule has 0 bridgehead atoms. The first-order chi connectivity index (χ1) is 39.0. The van der Waals surface area contributed by atoms with E-state index >= 15 is 0 Å². The zero-order valence-corrected chi connectivity index (χ0v) is 50.6. The molecule has 1 atom stereocenters. The van der Waals surface area contributed by atoms with E-state index in [1.807, 2.05) is 0 Å². The Morgan fingerprint density at radius 1 is 0.266 bits per heavy atom. The maximum atomic E-state index is 12.9. The molecule has 0 fully saturated rings. The van der Waals surface area contributed by atoms with Crippen molar-refractivity contribution in [3.63, 3.8) is 0 Å². The summed E-state index contributed by atoms with van der Waals surface area (Å²) in [5.41, 5.74) is 0. The minimum atomic E-state index is -0.810. The van der Waals surface area contributed by atoms with Gasteiger partial charge in [-0.15, -0.1) is 0 Å². The first kappa shape index (κ1) is 73.8. The van der Waals surface area contributed by atoms with Gasteiger partial charge < -0.3 is 14.2 Å². The maximum Gasteiger partial charge on any atom is 0.306 e. The molecule has 0 rings (SSSR count). The van der Waals surface area contributed by atoms with Crippen LogP contribution in [-0.2, 0) is 28.6 Å². The van der Waals surface area contributed by atoms with Gasteiger partial charge in [0, 0.05) is 19.3 Å². The normalized spacial score (nSPS) is 13.3. The zero-order chi connectivity index (χ0) is 57.1. The lowest BCUT2D eigenvalue weighted by Crippen LogP contribution is -2.30. The van der Waals surface area contributed by atoms with Crippen LogP contribution >= 0.6 is 0 Å². The van der Waals surface area contributed by atoms with Gasteiger partial charge in [0.15, 0.2) is 6.10 Å². The van der Waals surface area contributed by atoms with Crippen molar-refractivity contribution in [3.05, 3.63) is 170 Å². The number of esters is 3. The molecule has 0 N–H and O–H groups in total. The summed E-state index contributed by atoms with van der Waals surface area (Å²) in [5, 5.41) is 0. The second-order valence-corrected chi connectivity index (χ2v) is 20.2. The number of hydrogen-bond donors (Lipinski definition) is 0. The molecule has 0 aliphatic rings. The van der Waals surface area contributed by atoms with Gasteiger partial charge in [0.2, 0.25) is 0 Å². The van der Waals surface area contributed by atoms with Crippen molar-refractivity contribution in [1.82, 2.24) is 0 Å². The monoisotopic (exact) mass is 1090 g/mol. The third kappa shape index (κ3) is 63.5. The van der Waals surface area contributed by atoms with Gasteiger partial charge >= 0.3 is 17.9 Å². The highest BCUT2D eigenvalue weighted by Gasteiger charge is 2.19. The zero-order valence-electron chi connectivity index (χ0n) is 50.6. The number of unbranched alkanes of at least 4 members (excludes halogenated alkanes) is 16. The highest BCUT2D eigenvalue weighted by molar-refractivity contribution is 5.71. The highest BCUT2D eigenvalue weighted by atomic mass is 16.6. The molecule has 0 spiro atoms. The van der Waals surface area contributed by atoms with E-state index in [1.54, 1.807) is 0 Å². The molecule has 442 valence electrons. The van der Waals surface area contributed by atoms with Gasteiger partial charge in [-0.2, -0.15) is 0 Å². The number of rotatable bonds is 55. The summed E-state index contributed by atoms with van der Waals surface area (Å²) >= 11 is 0. The predicted octanol–water partition coefficient (Wildman–Crippen LogP) is 21.9. The summed E-state index contributed by atoms with van der Waals surface area (Å²) in [4.78, 5) is 38.2. The third-order valence-electron chi connectivity index (χ3n) is 12.7. The summed E-state index contributed by atoms with van der Waals surface area (Å²) in [7, 11) is 0. The quantitative estimate of drug-likeness (QED) is 0.0261. The minimum absolute atomic E-state index is 0.103. The Balaban J connectivity index is 4.37. The summed E-state index contributed by atoms with van der Waals surface area (Å²) < 4.78 is 16.8. The van der Waals surface area contributed by atoms with Crippen LogP contribution in [0, 0.1) is 0 Å². The number of carbonyl (C=O) groups excluding carboxylic acids is 3. The Morgan fingerprint density at radius 2 is 0.494 bits per heavy atom. The molecule has 0 aliphatic carbocycles. The molecule has 0 amide bonds. The molecule has 0 heterocycles. The molecule has 0 radical (unpaired) electrons. The van der Waals surface area contributed by atoms with Gasteiger partial charge in [-0.05, 0) is 135 Å². The second kappa shape index (κ2) is 65.3. The molecule has 0 saturated carbocycles. The van der Waals surface area contributed by atoms with E-state index in [1.165, 1.54) is 38.5 Å². The van der Waals surface area contributed by atoms with Crippen molar-refractivity contribution in [2.75, 3.05) is 13.2 Å². The van der Waals surface area contributed by atoms with Crippen LogP contribution in [0.15, 0.2) is 170 Å². The Morgan fingerprint density at radius 3 is 0.785 bits per heavy atom. The van der Waals surface area contributed by atoms with Crippen LogP contribution in [0.3, 0.4) is 0 Å². The van der Waals surface area contributed by atoms with Crippen LogP contribution in [0.2, 0.25) is 0 Å². The highest BCUT2D eigenvalue weighted by Crippen LogP contribution is 2.14. The Kier molecular flexibility index (Phi) is 61.0. The van der Waals surface area contributed by atoms with Crippen LogP contribution in [0.4, 0.5) is 0 Å². The van der Waals surface area contributed by atoms with E-state index in [9.17, 15) is 14.4 Å². The minimum Gasteiger partial charge on any atom is -0.462 e. The number of carbonyl (C=O) groups is 3. The molecule has 6 nitrogen and oxygen atoms in total. The molecule has 0 saturated heterocycles. The Hall–Kier alpha value is -5.23. The number of ether oxygens (including phenoxy) is 3. The molecule has 6 heteroatoms. The van der Waals surface area contributed by atoms with Gasteiger partial charge in [-0.1, -0.05) is 268 Å². The summed E-state index contributed by atoms with van der Waals surface area (Å²) in [6.45, 7) is 6.34. The van der Waals surface area contributed by atoms with Gasteiger partial charge in [-0.3, -0.25) is 14.4 Å². The summed E-state index contributed by atoms with van der Waals surface area (Å²) in [5.74, 6) is -0.966. The lowest BCUT2D eigenvalue weighted by molar-refractivity contribution is -0.167. The van der Waals surface area contributed by atoms with Crippen LogP contribution in [-0.4, -0.2) is 37.2 Å². The van der Waals surface area contributed by atoms with Gasteiger partial charge in [0.05, 0.1) is 0 Å². The Labute approximate surface area is 485 Å². The lowest BCUT2D eigenvalue weighted by Gasteiger charge is -2.18. The molecule has 0 aliphatic heterocycles. The molecule has 0 aromatic heterocycles. The Bertz CT molecular complexity index is 1820. The molecular weight excluding hydrogens is 973 g/mol. The van der Waals surface area contributed by atoms with Crippen LogP contribution < -0.4 is 0 Å². The smallest absolute Gasteiger partial charge is 0.306 e. The van der Waals surface area contributed by atoms with Crippen molar-refractivity contribution < 1.29 is 28.6 Å². The first-order valence-corrected chi connectivity index (χ1v) is 31.6. The first-order valence-electron chi connectivity index (χ1n) is 31.6. The largest absolute Gasteiger partial charge is 0.462 e. The van der Waals surface area contributed by atoms with Gasteiger partial charge in [-0.25, -0.2) is 0 Å². The maximum absolute atomic E-state index is 12.9. The van der Waals surface area contributed by atoms with Crippen LogP contribution in [0.25, 0.3) is 0 Å². The molecule has 79 heavy (non-hydrogen) atoms. The number of allylic oxidation sites excluding steroid dienone is 28. The fourth-order valence-corrected chi connectivity index (χ4v) is 8.05. The van der Waals surface area contributed by atoms with Crippen molar-refractivity contribution in [2.45, 2.75) is 258 Å². The topological polar surface area (TPSA) is 78.9 Å². The summed E-state index contributed by atoms with van der Waals surface area (Å²) in [6, 6.07) is 0. The van der Waals surface area contributed by atoms with Crippen molar-refractivity contribution in [2.24, 2.45) is 0 Å². The fourth-order valence-electron chi connectivity index (χ4n) is 8.05. The van der Waals surface area contributed by atoms with E-state index < -0.39 is 6.10 Å². The predicted molar refractivity (Wildman–Crippen MR) is 343 cm³/mol. The average molecular weight is 1090 g/mol.